The minimum Gasteiger partial charge on any atom is -0.478 e. The minimum absolute atomic E-state index is 0.0705. The van der Waals surface area contributed by atoms with E-state index in [1.54, 1.807) is 30.4 Å². The molecule has 0 saturated heterocycles. The Morgan fingerprint density at radius 3 is 1.71 bits per heavy atom. The van der Waals surface area contributed by atoms with Crippen molar-refractivity contribution in [3.8, 4) is 33.6 Å². The largest absolute Gasteiger partial charge is 0.478 e. The van der Waals surface area contributed by atoms with Crippen molar-refractivity contribution >= 4 is 74.3 Å². The van der Waals surface area contributed by atoms with Gasteiger partial charge >= 0.3 is 5.97 Å². The fourth-order valence-electron chi connectivity index (χ4n) is 9.05. The fourth-order valence-corrected chi connectivity index (χ4v) is 9.30. The van der Waals surface area contributed by atoms with Gasteiger partial charge in [0.15, 0.2) is 5.65 Å². The van der Waals surface area contributed by atoms with E-state index in [9.17, 15) is 9.59 Å². The molecule has 4 N–H and O–H groups in total. The van der Waals surface area contributed by atoms with Crippen LogP contribution in [0, 0.1) is 20.8 Å². The van der Waals surface area contributed by atoms with Gasteiger partial charge in [0.25, 0.3) is 0 Å². The maximum absolute atomic E-state index is 12.9. The molecular weight excluding hydrogens is 958 g/mol. The summed E-state index contributed by atoms with van der Waals surface area (Å²) in [6.45, 7) is 7.70. The van der Waals surface area contributed by atoms with Crippen LogP contribution < -0.4 is 16.0 Å². The molecule has 376 valence electrons. The van der Waals surface area contributed by atoms with Crippen LogP contribution >= 0.6 is 23.2 Å². The maximum atomic E-state index is 12.9. The van der Waals surface area contributed by atoms with E-state index in [-0.39, 0.29) is 5.91 Å². The number of aryl methyl sites for hydroxylation is 1. The van der Waals surface area contributed by atoms with Crippen LogP contribution in [0.15, 0.2) is 134 Å². The molecule has 2 aliphatic rings. The molecule has 0 aliphatic heterocycles. The highest BCUT2D eigenvalue weighted by atomic mass is 35.5. The molecule has 0 unspecified atom stereocenters. The molecule has 0 bridgehead atoms. The zero-order valence-electron chi connectivity index (χ0n) is 42.2. The third-order valence-corrected chi connectivity index (χ3v) is 13.8. The Balaban J connectivity index is 0.000000167. The molecule has 2 aliphatic carbocycles. The molecule has 2 fully saturated rings. The number of nitrogens with one attached hydrogen (secondary N) is 1. The zero-order valence-corrected chi connectivity index (χ0v) is 43.7. The second kappa shape index (κ2) is 23.0. The van der Waals surface area contributed by atoms with Crippen molar-refractivity contribution in [3.63, 3.8) is 0 Å². The summed E-state index contributed by atoms with van der Waals surface area (Å²) >= 11 is 12.2. The van der Waals surface area contributed by atoms with Crippen molar-refractivity contribution in [2.24, 2.45) is 0 Å². The first-order chi connectivity index (χ1) is 35.1. The molecular formula is C57H61Cl2N11O3. The quantitative estimate of drug-likeness (QED) is 0.0888. The number of nitrogens with zero attached hydrogens (tertiary/aromatic N) is 9. The number of carbonyl (C=O) groups is 2. The number of amides is 1. The SMILES string of the molecule is CN(C/C=C/C(=O)O)C1CC1.CNc1cccc(-n2c(C)c(-c3ccc(Cl)cc3)c3c(C)ncnc32)c1.Cc1c(-c2ccc(Cl)cc2)c2c(N)ncnc2n1-c1cccc(N(C)C(=O)/C=C/CN(C)C2CC2)c1. The Kier molecular flexibility index (Phi) is 16.4. The summed E-state index contributed by atoms with van der Waals surface area (Å²) in [4.78, 5) is 46.9. The van der Waals surface area contributed by atoms with Crippen LogP contribution in [-0.2, 0) is 9.59 Å². The summed E-state index contributed by atoms with van der Waals surface area (Å²) in [5.41, 5.74) is 19.0. The first kappa shape index (κ1) is 52.0. The zero-order chi connectivity index (χ0) is 51.9. The second-order valence-electron chi connectivity index (χ2n) is 18.4. The van der Waals surface area contributed by atoms with Crippen LogP contribution in [0.3, 0.4) is 0 Å². The number of carboxylic acid groups (broad SMARTS) is 1. The fraction of sp³-hybridized carbons (Fsp3) is 0.263. The Morgan fingerprint density at radius 2 is 1.18 bits per heavy atom. The molecule has 16 heteroatoms. The van der Waals surface area contributed by atoms with Crippen molar-refractivity contribution in [2.45, 2.75) is 58.5 Å². The van der Waals surface area contributed by atoms with Gasteiger partial charge in [-0.15, -0.1) is 0 Å². The summed E-state index contributed by atoms with van der Waals surface area (Å²) in [5, 5.41) is 14.7. The van der Waals surface area contributed by atoms with E-state index in [0.29, 0.717) is 28.6 Å². The van der Waals surface area contributed by atoms with Gasteiger partial charge < -0.3 is 21.1 Å². The van der Waals surface area contributed by atoms with Crippen LogP contribution in [0.1, 0.15) is 42.8 Å². The van der Waals surface area contributed by atoms with E-state index < -0.39 is 5.97 Å². The molecule has 73 heavy (non-hydrogen) atoms. The van der Waals surface area contributed by atoms with Crippen LogP contribution in [0.2, 0.25) is 10.0 Å². The average molecular weight is 1020 g/mol. The molecule has 10 rings (SSSR count). The van der Waals surface area contributed by atoms with Crippen LogP contribution in [0.4, 0.5) is 17.2 Å². The lowest BCUT2D eigenvalue weighted by Gasteiger charge is -2.18. The third kappa shape index (κ3) is 12.1. The van der Waals surface area contributed by atoms with Crippen LogP contribution in [0.5, 0.6) is 0 Å². The minimum atomic E-state index is -0.866. The third-order valence-electron chi connectivity index (χ3n) is 13.3. The number of halogens is 2. The maximum Gasteiger partial charge on any atom is 0.328 e. The number of carboxylic acids is 1. The van der Waals surface area contributed by atoms with Gasteiger partial charge in [0.2, 0.25) is 5.91 Å². The molecule has 0 radical (unpaired) electrons. The van der Waals surface area contributed by atoms with Crippen molar-refractivity contribution in [1.82, 2.24) is 38.9 Å². The summed E-state index contributed by atoms with van der Waals surface area (Å²) < 4.78 is 4.24. The van der Waals surface area contributed by atoms with E-state index in [1.165, 1.54) is 38.1 Å². The lowest BCUT2D eigenvalue weighted by atomic mass is 10.0. The highest BCUT2D eigenvalue weighted by molar-refractivity contribution is 6.31. The molecule has 4 aromatic carbocycles. The number of rotatable bonds is 14. The predicted octanol–water partition coefficient (Wildman–Crippen LogP) is 11.4. The normalized spacial score (nSPS) is 13.4. The van der Waals surface area contributed by atoms with Gasteiger partial charge in [-0.25, -0.2) is 24.7 Å². The standard InChI is InChI=1S/C28H29ClN6O.C21H19ClN4.C8H13NO2/c1-18-25(19-9-11-20(29)12-10-19)26-27(30)31-17-32-28(26)35(18)23-7-4-6-22(16-23)34(3)24(36)8-5-15-33(2)21-13-14-21;1-13-19-20(15-7-9-16(22)10-8-15)14(2)26(21(19)25-12-24-13)18-6-4-5-17(11-18)23-3;1-9(7-4-5-7)6-2-3-8(10)11/h4-12,16-17,21H,13-15H2,1-3H3,(H2,30,31,32);4-12,23H,1-3H3;2-3,7H,4-6H2,1H3,(H,10,11)/b8-5+;;3-2+. The topological polar surface area (TPSA) is 164 Å². The number of fused-ring (bicyclic) bond motifs is 2. The highest BCUT2D eigenvalue weighted by Crippen LogP contribution is 2.40. The van der Waals surface area contributed by atoms with E-state index in [0.717, 1.165) is 96.6 Å². The monoisotopic (exact) mass is 1020 g/mol. The Morgan fingerprint density at radius 1 is 0.685 bits per heavy atom. The van der Waals surface area contributed by atoms with Crippen molar-refractivity contribution in [1.29, 1.82) is 0 Å². The Labute approximate surface area is 436 Å². The lowest BCUT2D eigenvalue weighted by molar-refractivity contribution is -0.131. The predicted molar refractivity (Wildman–Crippen MR) is 297 cm³/mol. The Hall–Kier alpha value is -7.36. The summed E-state index contributed by atoms with van der Waals surface area (Å²) in [6.07, 6.45) is 14.6. The Bertz CT molecular complexity index is 3320. The first-order valence-electron chi connectivity index (χ1n) is 24.2. The van der Waals surface area contributed by atoms with Crippen LogP contribution in [-0.4, -0.2) is 109 Å². The molecule has 14 nitrogen and oxygen atoms in total. The number of aliphatic carboxylic acids is 1. The molecule has 0 spiro atoms. The van der Waals surface area contributed by atoms with Gasteiger partial charge in [0, 0.05) is 112 Å². The molecule has 0 atom stereocenters. The van der Waals surface area contributed by atoms with Gasteiger partial charge in [-0.3, -0.25) is 23.7 Å². The van der Waals surface area contributed by atoms with Gasteiger partial charge in [-0.2, -0.15) is 0 Å². The number of nitrogen functional groups attached to an aromatic ring is 1. The van der Waals surface area contributed by atoms with E-state index in [4.69, 9.17) is 34.0 Å². The number of anilines is 3. The molecule has 2 saturated carbocycles. The van der Waals surface area contributed by atoms with Gasteiger partial charge in [0.05, 0.1) is 11.1 Å². The number of aromatic nitrogens is 6. The average Bonchev–Trinajstić information content (AvgIpc) is 4.33. The summed E-state index contributed by atoms with van der Waals surface area (Å²) in [7, 11) is 7.82. The van der Waals surface area contributed by atoms with Gasteiger partial charge in [-0.1, -0.05) is 71.8 Å². The number of nitrogens with two attached hydrogens (primary N) is 1. The molecule has 8 aromatic rings. The lowest BCUT2D eigenvalue weighted by Crippen LogP contribution is -2.25. The summed E-state index contributed by atoms with van der Waals surface area (Å²) in [6, 6.07) is 33.1. The van der Waals surface area contributed by atoms with Crippen molar-refractivity contribution in [2.75, 3.05) is 57.2 Å². The highest BCUT2D eigenvalue weighted by Gasteiger charge is 2.26. The molecule has 4 aromatic heterocycles. The van der Waals surface area contributed by atoms with Gasteiger partial charge in [-0.05, 0) is 132 Å². The van der Waals surface area contributed by atoms with E-state index in [1.807, 2.05) is 119 Å². The number of carbonyl (C=O) groups excluding carboxylic acids is 1. The van der Waals surface area contributed by atoms with Crippen molar-refractivity contribution < 1.29 is 14.7 Å². The van der Waals surface area contributed by atoms with Crippen molar-refractivity contribution in [3.05, 3.63) is 161 Å². The van der Waals surface area contributed by atoms with E-state index >= 15 is 0 Å². The number of likely N-dealkylation sites (N-methyl/N-ethyl adjacent to an activating group) is 3. The van der Waals surface area contributed by atoms with E-state index in [2.05, 4.69) is 70.3 Å². The number of hydrogen-bond donors (Lipinski definition) is 3. The van der Waals surface area contributed by atoms with Gasteiger partial charge in [0.1, 0.15) is 24.1 Å². The van der Waals surface area contributed by atoms with Crippen LogP contribution in [0.25, 0.3) is 55.7 Å². The number of hydrogen-bond acceptors (Lipinski definition) is 10. The first-order valence-corrected chi connectivity index (χ1v) is 25.0. The smallest absolute Gasteiger partial charge is 0.328 e. The number of benzene rings is 4. The summed E-state index contributed by atoms with van der Waals surface area (Å²) in [5.74, 6) is -0.524. The molecule has 4 heterocycles. The second-order valence-corrected chi connectivity index (χ2v) is 19.3. The molecule has 1 amide bonds.